The van der Waals surface area contributed by atoms with Gasteiger partial charge in [-0.05, 0) is 0 Å². The van der Waals surface area contributed by atoms with Crippen LogP contribution in [-0.4, -0.2) is 60.1 Å². The van der Waals surface area contributed by atoms with Gasteiger partial charge in [0.05, 0.1) is 25.0 Å². The molecule has 6 nitrogen and oxygen atoms in total. The number of aromatic nitrogens is 1. The summed E-state index contributed by atoms with van der Waals surface area (Å²) in [6, 6.07) is 0. The molecule has 1 fully saturated rings. The van der Waals surface area contributed by atoms with Crippen LogP contribution in [0.15, 0.2) is 11.7 Å². The zero-order valence-electron chi connectivity index (χ0n) is 9.46. The Balaban J connectivity index is 1.96. The van der Waals surface area contributed by atoms with Crippen molar-refractivity contribution in [1.29, 1.82) is 0 Å². The summed E-state index contributed by atoms with van der Waals surface area (Å²) in [5.74, 6) is -0.180. The van der Waals surface area contributed by atoms with Crippen LogP contribution in [0.4, 0.5) is 0 Å². The molecular formula is C10H13N3O3S. The first-order valence-electron chi connectivity index (χ1n) is 5.17. The van der Waals surface area contributed by atoms with Crippen molar-refractivity contribution in [3.63, 3.8) is 0 Å². The van der Waals surface area contributed by atoms with Crippen molar-refractivity contribution in [1.82, 2.24) is 14.8 Å². The van der Waals surface area contributed by atoms with Gasteiger partial charge in [-0.3, -0.25) is 14.6 Å². The number of carbonyl (C=O) groups is 2. The summed E-state index contributed by atoms with van der Waals surface area (Å²) < 4.78 is 4.91. The van der Waals surface area contributed by atoms with E-state index < -0.39 is 0 Å². The molecule has 0 spiro atoms. The molecule has 1 aliphatic rings. The van der Waals surface area contributed by atoms with Crippen molar-refractivity contribution in [2.75, 3.05) is 33.5 Å². The lowest BCUT2D eigenvalue weighted by Crippen LogP contribution is -2.32. The number of carbonyl (C=O) groups excluding carboxylic acids is 2. The van der Waals surface area contributed by atoms with E-state index in [9.17, 15) is 9.59 Å². The quantitative estimate of drug-likeness (QED) is 0.761. The Kier molecular flexibility index (Phi) is 3.70. The average molecular weight is 255 g/mol. The SMILES string of the molecule is COCCN1CN(C(=O)c2cncs2)CC1=O. The predicted octanol–water partition coefficient (Wildman–Crippen LogP) is 0.0314. The number of rotatable bonds is 4. The highest BCUT2D eigenvalue weighted by Crippen LogP contribution is 2.14. The number of nitrogens with zero attached hydrogens (tertiary/aromatic N) is 3. The maximum absolute atomic E-state index is 12.0. The molecule has 2 heterocycles. The van der Waals surface area contributed by atoms with Gasteiger partial charge < -0.3 is 14.5 Å². The van der Waals surface area contributed by atoms with Crippen LogP contribution in [0.3, 0.4) is 0 Å². The molecule has 7 heteroatoms. The van der Waals surface area contributed by atoms with Gasteiger partial charge in [0, 0.05) is 13.7 Å². The minimum atomic E-state index is -0.138. The number of methoxy groups -OCH3 is 1. The molecule has 1 aromatic rings. The minimum Gasteiger partial charge on any atom is -0.383 e. The fourth-order valence-corrected chi connectivity index (χ4v) is 2.20. The lowest BCUT2D eigenvalue weighted by atomic mass is 10.4. The van der Waals surface area contributed by atoms with Gasteiger partial charge in [0.15, 0.2) is 0 Å². The van der Waals surface area contributed by atoms with Crippen LogP contribution >= 0.6 is 11.3 Å². The van der Waals surface area contributed by atoms with Crippen LogP contribution in [0.2, 0.25) is 0 Å². The topological polar surface area (TPSA) is 62.7 Å². The van der Waals surface area contributed by atoms with Gasteiger partial charge >= 0.3 is 0 Å². The van der Waals surface area contributed by atoms with E-state index in [0.717, 1.165) is 0 Å². The molecule has 0 atom stereocenters. The maximum Gasteiger partial charge on any atom is 0.267 e. The molecule has 2 amide bonds. The van der Waals surface area contributed by atoms with Gasteiger partial charge in [0.1, 0.15) is 11.4 Å². The number of hydrogen-bond acceptors (Lipinski definition) is 5. The van der Waals surface area contributed by atoms with E-state index >= 15 is 0 Å². The summed E-state index contributed by atoms with van der Waals surface area (Å²) in [6.07, 6.45) is 1.52. The third kappa shape index (κ3) is 2.62. The van der Waals surface area contributed by atoms with Gasteiger partial charge in [0.2, 0.25) is 5.91 Å². The van der Waals surface area contributed by atoms with Crippen LogP contribution in [0, 0.1) is 0 Å². The minimum absolute atomic E-state index is 0.0417. The molecule has 1 saturated heterocycles. The largest absolute Gasteiger partial charge is 0.383 e. The normalized spacial score (nSPS) is 15.7. The monoisotopic (exact) mass is 255 g/mol. The highest BCUT2D eigenvalue weighted by atomic mass is 32.1. The highest BCUT2D eigenvalue weighted by molar-refractivity contribution is 7.11. The third-order valence-corrected chi connectivity index (χ3v) is 3.28. The van der Waals surface area contributed by atoms with E-state index in [-0.39, 0.29) is 18.4 Å². The molecule has 0 unspecified atom stereocenters. The highest BCUT2D eigenvalue weighted by Gasteiger charge is 2.31. The van der Waals surface area contributed by atoms with Gasteiger partial charge in [-0.25, -0.2) is 0 Å². The van der Waals surface area contributed by atoms with Crippen molar-refractivity contribution >= 4 is 23.2 Å². The molecule has 17 heavy (non-hydrogen) atoms. The average Bonchev–Trinajstić information content (AvgIpc) is 2.95. The Bertz CT molecular complexity index is 407. The van der Waals surface area contributed by atoms with E-state index in [0.29, 0.717) is 24.7 Å². The van der Waals surface area contributed by atoms with Crippen molar-refractivity contribution in [3.8, 4) is 0 Å². The van der Waals surface area contributed by atoms with Crippen molar-refractivity contribution < 1.29 is 14.3 Å². The number of thiazole rings is 1. The van der Waals surface area contributed by atoms with Crippen LogP contribution in [0.25, 0.3) is 0 Å². The summed E-state index contributed by atoms with van der Waals surface area (Å²) in [7, 11) is 1.58. The summed E-state index contributed by atoms with van der Waals surface area (Å²) in [6.45, 7) is 1.47. The van der Waals surface area contributed by atoms with E-state index in [1.54, 1.807) is 17.5 Å². The van der Waals surface area contributed by atoms with Gasteiger partial charge in [-0.2, -0.15) is 0 Å². The zero-order chi connectivity index (χ0) is 12.3. The smallest absolute Gasteiger partial charge is 0.267 e. The Hall–Kier alpha value is -1.47. The van der Waals surface area contributed by atoms with Gasteiger partial charge in [-0.1, -0.05) is 0 Å². The number of ether oxygens (including phenoxy) is 1. The zero-order valence-corrected chi connectivity index (χ0v) is 10.3. The first-order chi connectivity index (χ1) is 8.22. The first-order valence-corrected chi connectivity index (χ1v) is 6.05. The summed E-state index contributed by atoms with van der Waals surface area (Å²) in [5.41, 5.74) is 1.60. The Labute approximate surface area is 103 Å². The second kappa shape index (κ2) is 5.24. The van der Waals surface area contributed by atoms with Crippen LogP contribution < -0.4 is 0 Å². The standard InChI is InChI=1S/C10H13N3O3S/c1-16-3-2-12-7-13(5-9(12)14)10(15)8-4-11-6-17-8/h4,6H,2-3,5,7H2,1H3. The van der Waals surface area contributed by atoms with E-state index in [1.807, 2.05) is 0 Å². The van der Waals surface area contributed by atoms with Crippen molar-refractivity contribution in [2.24, 2.45) is 0 Å². The Morgan fingerprint density at radius 3 is 3.12 bits per heavy atom. The Morgan fingerprint density at radius 2 is 2.47 bits per heavy atom. The first kappa shape index (κ1) is 12.0. The fourth-order valence-electron chi connectivity index (χ4n) is 1.61. The van der Waals surface area contributed by atoms with Crippen LogP contribution in [0.5, 0.6) is 0 Å². The van der Waals surface area contributed by atoms with Gasteiger partial charge in [-0.15, -0.1) is 11.3 Å². The Morgan fingerprint density at radius 1 is 1.65 bits per heavy atom. The van der Waals surface area contributed by atoms with E-state index in [2.05, 4.69) is 4.98 Å². The molecular weight excluding hydrogens is 242 g/mol. The molecule has 92 valence electrons. The number of amides is 2. The van der Waals surface area contributed by atoms with Crippen molar-refractivity contribution in [2.45, 2.75) is 0 Å². The second-order valence-electron chi connectivity index (χ2n) is 3.66. The van der Waals surface area contributed by atoms with Crippen LogP contribution in [-0.2, 0) is 9.53 Å². The molecule has 0 radical (unpaired) electrons. The summed E-state index contributed by atoms with van der Waals surface area (Å²) >= 11 is 1.28. The second-order valence-corrected chi connectivity index (χ2v) is 4.55. The molecule has 0 aliphatic carbocycles. The summed E-state index contributed by atoms with van der Waals surface area (Å²) in [4.78, 5) is 31.1. The number of hydrogen-bond donors (Lipinski definition) is 0. The summed E-state index contributed by atoms with van der Waals surface area (Å²) in [5, 5.41) is 0. The van der Waals surface area contributed by atoms with Crippen molar-refractivity contribution in [3.05, 3.63) is 16.6 Å². The lowest BCUT2D eigenvalue weighted by molar-refractivity contribution is -0.127. The molecule has 1 aliphatic heterocycles. The molecule has 2 rings (SSSR count). The molecule has 0 bridgehead atoms. The maximum atomic E-state index is 12.0. The van der Waals surface area contributed by atoms with Gasteiger partial charge in [0.25, 0.3) is 5.91 Å². The molecule has 0 saturated carbocycles. The third-order valence-electron chi connectivity index (χ3n) is 2.52. The lowest BCUT2D eigenvalue weighted by Gasteiger charge is -2.16. The molecule has 0 aromatic carbocycles. The van der Waals surface area contributed by atoms with Crippen LogP contribution in [0.1, 0.15) is 9.67 Å². The predicted molar refractivity (Wildman–Crippen MR) is 61.6 cm³/mol. The van der Waals surface area contributed by atoms with E-state index in [1.165, 1.54) is 22.4 Å². The molecule has 1 aromatic heterocycles. The molecule has 0 N–H and O–H groups in total. The van der Waals surface area contributed by atoms with E-state index in [4.69, 9.17) is 4.74 Å². The fraction of sp³-hybridized carbons (Fsp3) is 0.500.